The molecule has 0 aromatic heterocycles. The maximum Gasteiger partial charge on any atom is 0.229 e. The van der Waals surface area contributed by atoms with Gasteiger partial charge < -0.3 is 5.32 Å². The average molecular weight is 209 g/mol. The summed E-state index contributed by atoms with van der Waals surface area (Å²) >= 11 is 1.74. The molecule has 2 nitrogen and oxygen atoms in total. The Hall–Kier alpha value is -0.880. The Balaban J connectivity index is 2.59. The van der Waals surface area contributed by atoms with Crippen LogP contribution in [0.3, 0.4) is 0 Å². The van der Waals surface area contributed by atoms with E-state index < -0.39 is 5.54 Å². The van der Waals surface area contributed by atoms with Crippen molar-refractivity contribution >= 4 is 17.7 Å². The number of hydrogen-bond acceptors (Lipinski definition) is 2. The maximum atomic E-state index is 11.7. The Morgan fingerprint density at radius 1 is 1.79 bits per heavy atom. The molecule has 1 aliphatic heterocycles. The van der Waals surface area contributed by atoms with Crippen LogP contribution in [-0.4, -0.2) is 23.0 Å². The van der Waals surface area contributed by atoms with Crippen molar-refractivity contribution in [3.05, 3.63) is 12.2 Å². The van der Waals surface area contributed by atoms with Crippen molar-refractivity contribution in [2.75, 3.05) is 11.5 Å². The highest BCUT2D eigenvalue weighted by molar-refractivity contribution is 7.99. The topological polar surface area (TPSA) is 29.1 Å². The normalized spacial score (nSPS) is 21.8. The summed E-state index contributed by atoms with van der Waals surface area (Å²) < 4.78 is 0. The van der Waals surface area contributed by atoms with E-state index in [0.717, 1.165) is 17.1 Å². The molecule has 1 heterocycles. The molecule has 0 aromatic rings. The van der Waals surface area contributed by atoms with E-state index in [-0.39, 0.29) is 11.8 Å². The van der Waals surface area contributed by atoms with Gasteiger partial charge in [0.2, 0.25) is 5.91 Å². The zero-order chi connectivity index (χ0) is 10.8. The zero-order valence-corrected chi connectivity index (χ0v) is 9.41. The largest absolute Gasteiger partial charge is 0.340 e. The van der Waals surface area contributed by atoms with Crippen LogP contribution in [0.5, 0.6) is 0 Å². The Bertz CT molecular complexity index is 301. The molecular weight excluding hydrogens is 194 g/mol. The minimum Gasteiger partial charge on any atom is -0.340 e. The van der Waals surface area contributed by atoms with Crippen LogP contribution in [0.25, 0.3) is 0 Å². The minimum absolute atomic E-state index is 0.00273. The van der Waals surface area contributed by atoms with E-state index in [1.807, 2.05) is 13.8 Å². The van der Waals surface area contributed by atoms with Gasteiger partial charge in [-0.25, -0.2) is 0 Å². The second kappa shape index (κ2) is 4.10. The fraction of sp³-hybridized carbons (Fsp3) is 0.545. The van der Waals surface area contributed by atoms with Gasteiger partial charge >= 0.3 is 0 Å². The molecule has 0 aromatic carbocycles. The van der Waals surface area contributed by atoms with Gasteiger partial charge in [-0.15, -0.1) is 6.42 Å². The van der Waals surface area contributed by atoms with E-state index in [9.17, 15) is 4.79 Å². The first kappa shape index (κ1) is 11.2. The molecule has 1 aliphatic rings. The van der Waals surface area contributed by atoms with E-state index in [4.69, 9.17) is 6.42 Å². The van der Waals surface area contributed by atoms with Crippen molar-refractivity contribution in [2.45, 2.75) is 19.4 Å². The lowest BCUT2D eigenvalue weighted by atomic mass is 10.0. The summed E-state index contributed by atoms with van der Waals surface area (Å²) in [5.74, 6) is 4.19. The van der Waals surface area contributed by atoms with Gasteiger partial charge in [0.15, 0.2) is 0 Å². The summed E-state index contributed by atoms with van der Waals surface area (Å²) in [6.45, 7) is 7.51. The summed E-state index contributed by atoms with van der Waals surface area (Å²) in [4.78, 5) is 11.7. The van der Waals surface area contributed by atoms with Crippen LogP contribution in [0.4, 0.5) is 0 Å². The van der Waals surface area contributed by atoms with Crippen LogP contribution < -0.4 is 5.32 Å². The number of carbonyl (C=O) groups is 1. The fourth-order valence-electron chi connectivity index (χ4n) is 1.22. The molecule has 0 bridgehead atoms. The van der Waals surface area contributed by atoms with Gasteiger partial charge in [0.25, 0.3) is 0 Å². The van der Waals surface area contributed by atoms with Gasteiger partial charge in [0.1, 0.15) is 0 Å². The molecule has 3 heteroatoms. The molecular formula is C11H15NOS. The van der Waals surface area contributed by atoms with Crippen LogP contribution in [-0.2, 0) is 4.79 Å². The van der Waals surface area contributed by atoms with Gasteiger partial charge in [-0.3, -0.25) is 4.79 Å². The lowest BCUT2D eigenvalue weighted by Crippen LogP contribution is -2.45. The molecule has 0 unspecified atom stereocenters. The molecule has 0 aliphatic carbocycles. The van der Waals surface area contributed by atoms with Crippen LogP contribution in [0.15, 0.2) is 12.2 Å². The van der Waals surface area contributed by atoms with Gasteiger partial charge in [-0.2, -0.15) is 11.8 Å². The maximum absolute atomic E-state index is 11.7. The molecule has 1 N–H and O–H groups in total. The van der Waals surface area contributed by atoms with Gasteiger partial charge in [-0.05, 0) is 13.8 Å². The number of carbonyl (C=O) groups excluding carboxylic acids is 1. The number of rotatable bonds is 2. The number of amides is 1. The average Bonchev–Trinajstić information content (AvgIpc) is 2.51. The van der Waals surface area contributed by atoms with Crippen molar-refractivity contribution in [3.63, 3.8) is 0 Å². The number of hydrogen-bond donors (Lipinski definition) is 1. The van der Waals surface area contributed by atoms with Gasteiger partial charge in [-0.1, -0.05) is 18.1 Å². The summed E-state index contributed by atoms with van der Waals surface area (Å²) in [5, 5.41) is 2.83. The van der Waals surface area contributed by atoms with Gasteiger partial charge in [0.05, 0.1) is 11.5 Å². The molecule has 1 amide bonds. The third-order valence-electron chi connectivity index (χ3n) is 2.18. The van der Waals surface area contributed by atoms with Crippen molar-refractivity contribution < 1.29 is 4.79 Å². The van der Waals surface area contributed by atoms with E-state index in [1.165, 1.54) is 0 Å². The van der Waals surface area contributed by atoms with E-state index in [2.05, 4.69) is 17.8 Å². The first-order valence-corrected chi connectivity index (χ1v) is 5.67. The Morgan fingerprint density at radius 2 is 2.43 bits per heavy atom. The monoisotopic (exact) mass is 209 g/mol. The lowest BCUT2D eigenvalue weighted by Gasteiger charge is -2.22. The first-order chi connectivity index (χ1) is 6.46. The summed E-state index contributed by atoms with van der Waals surface area (Å²) in [6.07, 6.45) is 5.30. The molecule has 1 rings (SSSR count). The predicted molar refractivity (Wildman–Crippen MR) is 61.0 cm³/mol. The summed E-state index contributed by atoms with van der Waals surface area (Å²) in [5.41, 5.74) is 0.435. The predicted octanol–water partition coefficient (Wildman–Crippen LogP) is 1.43. The molecule has 0 radical (unpaired) electrons. The Labute approximate surface area is 89.5 Å². The Morgan fingerprint density at radius 3 is 2.86 bits per heavy atom. The summed E-state index contributed by atoms with van der Waals surface area (Å²) in [6, 6.07) is 0. The molecule has 76 valence electrons. The van der Waals surface area contributed by atoms with Crippen LogP contribution in [0.2, 0.25) is 0 Å². The third kappa shape index (κ3) is 2.55. The lowest BCUT2D eigenvalue weighted by molar-refractivity contribution is -0.124. The SMILES string of the molecule is C#CC(C)(C)NC(=O)[C@@H]1CSCC1=C. The molecule has 0 spiro atoms. The van der Waals surface area contributed by atoms with Crippen molar-refractivity contribution in [1.29, 1.82) is 0 Å². The van der Waals surface area contributed by atoms with Crippen LogP contribution in [0.1, 0.15) is 13.8 Å². The summed E-state index contributed by atoms with van der Waals surface area (Å²) in [7, 11) is 0. The quantitative estimate of drug-likeness (QED) is 0.550. The van der Waals surface area contributed by atoms with Crippen molar-refractivity contribution in [1.82, 2.24) is 5.32 Å². The molecule has 1 atom stereocenters. The smallest absolute Gasteiger partial charge is 0.229 e. The van der Waals surface area contributed by atoms with Crippen molar-refractivity contribution in [2.24, 2.45) is 5.92 Å². The number of thioether (sulfide) groups is 1. The second-order valence-corrected chi connectivity index (χ2v) is 5.01. The highest BCUT2D eigenvalue weighted by Gasteiger charge is 2.29. The van der Waals surface area contributed by atoms with Gasteiger partial charge in [0, 0.05) is 11.5 Å². The standard InChI is InChI=1S/C11H15NOS/c1-5-11(3,4)12-10(13)9-7-14-6-8(9)2/h1,9H,2,6-7H2,3-4H3,(H,12,13)/t9-/m1/s1. The second-order valence-electron chi connectivity index (χ2n) is 3.98. The van der Waals surface area contributed by atoms with Crippen LogP contribution in [0, 0.1) is 18.3 Å². The van der Waals surface area contributed by atoms with E-state index in [1.54, 1.807) is 11.8 Å². The molecule has 1 fully saturated rings. The minimum atomic E-state index is -0.565. The zero-order valence-electron chi connectivity index (χ0n) is 8.59. The first-order valence-electron chi connectivity index (χ1n) is 4.51. The van der Waals surface area contributed by atoms with E-state index >= 15 is 0 Å². The highest BCUT2D eigenvalue weighted by atomic mass is 32.2. The number of nitrogens with one attached hydrogen (secondary N) is 1. The highest BCUT2D eigenvalue weighted by Crippen LogP contribution is 2.28. The Kier molecular flexibility index (Phi) is 3.28. The molecule has 1 saturated heterocycles. The molecule has 14 heavy (non-hydrogen) atoms. The fourth-order valence-corrected chi connectivity index (χ4v) is 2.42. The number of terminal acetylenes is 1. The van der Waals surface area contributed by atoms with Crippen LogP contribution >= 0.6 is 11.8 Å². The molecule has 0 saturated carbocycles. The van der Waals surface area contributed by atoms with E-state index in [0.29, 0.717) is 0 Å². The third-order valence-corrected chi connectivity index (χ3v) is 3.32. The van der Waals surface area contributed by atoms with Crippen molar-refractivity contribution in [3.8, 4) is 12.3 Å².